The van der Waals surface area contributed by atoms with Crippen molar-refractivity contribution in [3.8, 4) is 0 Å². The van der Waals surface area contributed by atoms with E-state index in [2.05, 4.69) is 10.3 Å². The Bertz CT molecular complexity index is 705. The highest BCUT2D eigenvalue weighted by Crippen LogP contribution is 2.31. The zero-order valence-electron chi connectivity index (χ0n) is 12.9. The van der Waals surface area contributed by atoms with Crippen molar-refractivity contribution in [1.82, 2.24) is 4.98 Å². The third-order valence-corrected chi connectivity index (χ3v) is 5.07. The summed E-state index contributed by atoms with van der Waals surface area (Å²) in [7, 11) is 0. The van der Waals surface area contributed by atoms with Crippen molar-refractivity contribution in [2.24, 2.45) is 5.92 Å². The molecule has 24 heavy (non-hydrogen) atoms. The number of thiazole rings is 1. The quantitative estimate of drug-likeness (QED) is 0.831. The summed E-state index contributed by atoms with van der Waals surface area (Å²) in [6, 6.07) is 5.10. The molecular formula is C17H17F3N2OS. The van der Waals surface area contributed by atoms with E-state index in [1.165, 1.54) is 29.9 Å². The van der Waals surface area contributed by atoms with Crippen LogP contribution in [0.15, 0.2) is 30.5 Å². The molecule has 1 heterocycles. The zero-order chi connectivity index (χ0) is 17.2. The van der Waals surface area contributed by atoms with Crippen LogP contribution in [0.1, 0.15) is 41.7 Å². The van der Waals surface area contributed by atoms with E-state index in [0.29, 0.717) is 23.9 Å². The number of carbonyl (C=O) groups is 1. The Morgan fingerprint density at radius 2 is 1.96 bits per heavy atom. The second kappa shape index (κ2) is 6.93. The lowest BCUT2D eigenvalue weighted by molar-refractivity contribution is -0.137. The normalized spacial score (nSPS) is 15.1. The SMILES string of the molecule is O=C(CC1CCC1)Nc1ncc(Cc2ccc(C(F)(F)F)cc2)s1. The van der Waals surface area contributed by atoms with Crippen molar-refractivity contribution in [3.05, 3.63) is 46.5 Å². The monoisotopic (exact) mass is 354 g/mol. The van der Waals surface area contributed by atoms with Gasteiger partial charge in [-0.3, -0.25) is 4.79 Å². The molecule has 0 unspecified atom stereocenters. The first-order valence-electron chi connectivity index (χ1n) is 7.81. The molecule has 3 nitrogen and oxygen atoms in total. The first-order chi connectivity index (χ1) is 11.4. The number of hydrogen-bond acceptors (Lipinski definition) is 3. The number of benzene rings is 1. The van der Waals surface area contributed by atoms with Gasteiger partial charge in [0.2, 0.25) is 5.91 Å². The molecule has 3 rings (SSSR count). The molecule has 1 aromatic heterocycles. The summed E-state index contributed by atoms with van der Waals surface area (Å²) in [5, 5.41) is 3.34. The lowest BCUT2D eigenvalue weighted by atomic mass is 9.83. The minimum Gasteiger partial charge on any atom is -0.302 e. The lowest BCUT2D eigenvalue weighted by Gasteiger charge is -2.24. The number of anilines is 1. The molecule has 7 heteroatoms. The highest BCUT2D eigenvalue weighted by atomic mass is 32.1. The van der Waals surface area contributed by atoms with Crippen LogP contribution < -0.4 is 5.32 Å². The average molecular weight is 354 g/mol. The Morgan fingerprint density at radius 1 is 1.25 bits per heavy atom. The van der Waals surface area contributed by atoms with Crippen molar-refractivity contribution in [2.75, 3.05) is 5.32 Å². The molecule has 1 saturated carbocycles. The standard InChI is InChI=1S/C17H17F3N2OS/c18-17(19,20)13-6-4-12(5-7-13)8-14-10-21-16(24-14)22-15(23)9-11-2-1-3-11/h4-7,10-11H,1-3,8-9H2,(H,21,22,23). The fourth-order valence-corrected chi connectivity index (χ4v) is 3.45. The molecule has 1 aliphatic rings. The molecule has 0 saturated heterocycles. The molecule has 0 spiro atoms. The number of carbonyl (C=O) groups excluding carboxylic acids is 1. The number of aromatic nitrogens is 1. The fourth-order valence-electron chi connectivity index (χ4n) is 2.59. The summed E-state index contributed by atoms with van der Waals surface area (Å²) in [6.45, 7) is 0. The molecule has 1 aromatic carbocycles. The molecule has 1 aliphatic carbocycles. The predicted octanol–water partition coefficient (Wildman–Crippen LogP) is 4.88. The van der Waals surface area contributed by atoms with E-state index in [-0.39, 0.29) is 5.91 Å². The summed E-state index contributed by atoms with van der Waals surface area (Å²) < 4.78 is 37.6. The van der Waals surface area contributed by atoms with Gasteiger partial charge in [-0.1, -0.05) is 18.6 Å². The molecular weight excluding hydrogens is 337 g/mol. The van der Waals surface area contributed by atoms with Crippen LogP contribution in [0.25, 0.3) is 0 Å². The van der Waals surface area contributed by atoms with Crippen LogP contribution in [0.4, 0.5) is 18.3 Å². The van der Waals surface area contributed by atoms with E-state index < -0.39 is 11.7 Å². The van der Waals surface area contributed by atoms with Gasteiger partial charge in [0.15, 0.2) is 5.13 Å². The summed E-state index contributed by atoms with van der Waals surface area (Å²) in [6.07, 6.45) is 1.80. The number of hydrogen-bond donors (Lipinski definition) is 1. The van der Waals surface area contributed by atoms with Crippen LogP contribution >= 0.6 is 11.3 Å². The van der Waals surface area contributed by atoms with Crippen LogP contribution in [-0.4, -0.2) is 10.9 Å². The topological polar surface area (TPSA) is 42.0 Å². The number of rotatable bonds is 5. The Hall–Kier alpha value is -1.89. The van der Waals surface area contributed by atoms with Crippen molar-refractivity contribution < 1.29 is 18.0 Å². The molecule has 1 fully saturated rings. The summed E-state index contributed by atoms with van der Waals surface area (Å²) >= 11 is 1.35. The molecule has 0 bridgehead atoms. The smallest absolute Gasteiger partial charge is 0.302 e. The molecule has 0 aliphatic heterocycles. The van der Waals surface area contributed by atoms with E-state index in [4.69, 9.17) is 0 Å². The lowest BCUT2D eigenvalue weighted by Crippen LogP contribution is -2.20. The van der Waals surface area contributed by atoms with Gasteiger partial charge in [0.25, 0.3) is 0 Å². The van der Waals surface area contributed by atoms with Gasteiger partial charge in [-0.15, -0.1) is 11.3 Å². The van der Waals surface area contributed by atoms with Crippen LogP contribution in [0.5, 0.6) is 0 Å². The van der Waals surface area contributed by atoms with E-state index in [0.717, 1.165) is 35.4 Å². The first-order valence-corrected chi connectivity index (χ1v) is 8.62. The highest BCUT2D eigenvalue weighted by molar-refractivity contribution is 7.15. The molecule has 1 N–H and O–H groups in total. The van der Waals surface area contributed by atoms with Gasteiger partial charge >= 0.3 is 6.18 Å². The number of nitrogens with one attached hydrogen (secondary N) is 1. The van der Waals surface area contributed by atoms with E-state index in [1.807, 2.05) is 0 Å². The van der Waals surface area contributed by atoms with Gasteiger partial charge in [-0.25, -0.2) is 4.98 Å². The first kappa shape index (κ1) is 17.0. The highest BCUT2D eigenvalue weighted by Gasteiger charge is 2.29. The van der Waals surface area contributed by atoms with E-state index >= 15 is 0 Å². The van der Waals surface area contributed by atoms with Crippen LogP contribution in [0, 0.1) is 5.92 Å². The molecule has 1 amide bonds. The second-order valence-electron chi connectivity index (χ2n) is 6.05. The maximum absolute atomic E-state index is 12.5. The van der Waals surface area contributed by atoms with Crippen molar-refractivity contribution in [1.29, 1.82) is 0 Å². The number of alkyl halides is 3. The van der Waals surface area contributed by atoms with E-state index in [1.54, 1.807) is 6.20 Å². The van der Waals surface area contributed by atoms with Gasteiger partial charge in [0.05, 0.1) is 5.56 Å². The summed E-state index contributed by atoms with van der Waals surface area (Å²) in [5.74, 6) is 0.478. The van der Waals surface area contributed by atoms with Gasteiger partial charge < -0.3 is 5.32 Å². The predicted molar refractivity (Wildman–Crippen MR) is 87.0 cm³/mol. The third kappa shape index (κ3) is 4.35. The van der Waals surface area contributed by atoms with Crippen molar-refractivity contribution in [2.45, 2.75) is 38.3 Å². The maximum atomic E-state index is 12.5. The third-order valence-electron chi connectivity index (χ3n) is 4.16. The van der Waals surface area contributed by atoms with Crippen LogP contribution in [0.2, 0.25) is 0 Å². The molecule has 0 radical (unpaired) electrons. The maximum Gasteiger partial charge on any atom is 0.416 e. The second-order valence-corrected chi connectivity index (χ2v) is 7.17. The Balaban J connectivity index is 1.56. The molecule has 0 atom stereocenters. The average Bonchev–Trinajstić information content (AvgIpc) is 2.90. The minimum atomic E-state index is -4.32. The zero-order valence-corrected chi connectivity index (χ0v) is 13.7. The number of nitrogens with zero attached hydrogens (tertiary/aromatic N) is 1. The van der Waals surface area contributed by atoms with Gasteiger partial charge in [0, 0.05) is 23.9 Å². The Morgan fingerprint density at radius 3 is 2.54 bits per heavy atom. The Kier molecular flexibility index (Phi) is 4.89. The largest absolute Gasteiger partial charge is 0.416 e. The number of amides is 1. The van der Waals surface area contributed by atoms with Crippen molar-refractivity contribution in [3.63, 3.8) is 0 Å². The molecule has 2 aromatic rings. The minimum absolute atomic E-state index is 0.0184. The Labute approximate surface area is 141 Å². The van der Waals surface area contributed by atoms with Crippen LogP contribution in [-0.2, 0) is 17.4 Å². The summed E-state index contributed by atoms with van der Waals surface area (Å²) in [5.41, 5.74) is 0.124. The van der Waals surface area contributed by atoms with Crippen LogP contribution in [0.3, 0.4) is 0 Å². The summed E-state index contributed by atoms with van der Waals surface area (Å²) in [4.78, 5) is 16.9. The van der Waals surface area contributed by atoms with Gasteiger partial charge in [-0.2, -0.15) is 13.2 Å². The van der Waals surface area contributed by atoms with Crippen molar-refractivity contribution >= 4 is 22.4 Å². The van der Waals surface area contributed by atoms with Gasteiger partial charge in [-0.05, 0) is 36.5 Å². The fraction of sp³-hybridized carbons (Fsp3) is 0.412. The number of halogens is 3. The van der Waals surface area contributed by atoms with E-state index in [9.17, 15) is 18.0 Å². The molecule has 128 valence electrons. The van der Waals surface area contributed by atoms with Gasteiger partial charge in [0.1, 0.15) is 0 Å².